The average Bonchev–Trinajstić information content (AvgIpc) is 2.93. The molecule has 19 heavy (non-hydrogen) atoms. The molecule has 7 heteroatoms. The highest BCUT2D eigenvalue weighted by atomic mass is 79.9. The van der Waals surface area contributed by atoms with Crippen LogP contribution in [-0.4, -0.2) is 15.9 Å². The number of hydrogen-bond donors (Lipinski definition) is 2. The van der Waals surface area contributed by atoms with Crippen LogP contribution in [0.3, 0.4) is 0 Å². The Morgan fingerprint density at radius 1 is 1.32 bits per heavy atom. The topological polar surface area (TPSA) is 57.8 Å². The number of hydrogen-bond acceptors (Lipinski definition) is 3. The smallest absolute Gasteiger partial charge is 0.268 e. The summed E-state index contributed by atoms with van der Waals surface area (Å²) in [6.07, 6.45) is 0. The van der Waals surface area contributed by atoms with E-state index in [0.29, 0.717) is 10.8 Å². The number of fused-ring (bicyclic) bond motifs is 1. The molecule has 4 nitrogen and oxygen atoms in total. The number of thiophene rings is 1. The van der Waals surface area contributed by atoms with Crippen molar-refractivity contribution < 1.29 is 4.79 Å². The summed E-state index contributed by atoms with van der Waals surface area (Å²) < 4.78 is 1.76. The Labute approximate surface area is 129 Å². The number of nitrogens with one attached hydrogen (secondary N) is 2. The summed E-state index contributed by atoms with van der Waals surface area (Å²) >= 11 is 8.09. The lowest BCUT2D eigenvalue weighted by molar-refractivity contribution is 0.103. The third kappa shape index (κ3) is 2.58. The van der Waals surface area contributed by atoms with E-state index in [4.69, 9.17) is 0 Å². The van der Waals surface area contributed by atoms with Crippen molar-refractivity contribution in [2.75, 3.05) is 5.32 Å². The number of nitrogens with zero attached hydrogens (tertiary/aromatic N) is 1. The fraction of sp³-hybridized carbons (Fsp3) is 0. The lowest BCUT2D eigenvalue weighted by atomic mass is 10.3. The van der Waals surface area contributed by atoms with Gasteiger partial charge in [-0.15, -0.1) is 11.3 Å². The van der Waals surface area contributed by atoms with E-state index in [1.807, 2.05) is 24.3 Å². The maximum absolute atomic E-state index is 12.1. The van der Waals surface area contributed by atoms with E-state index in [1.54, 1.807) is 6.07 Å². The number of para-hydroxylation sites is 2. The lowest BCUT2D eigenvalue weighted by Crippen LogP contribution is -2.11. The number of benzene rings is 1. The molecular formula is C12H7Br2N3OS. The molecule has 0 saturated heterocycles. The molecule has 2 N–H and O–H groups in total. The number of carbonyl (C=O) groups excluding carboxylic acids is 1. The Hall–Kier alpha value is -1.18. The second-order valence-corrected chi connectivity index (χ2v) is 7.01. The van der Waals surface area contributed by atoms with Crippen molar-refractivity contribution in [1.82, 2.24) is 9.97 Å². The number of anilines is 1. The van der Waals surface area contributed by atoms with E-state index >= 15 is 0 Å². The molecule has 0 atom stereocenters. The van der Waals surface area contributed by atoms with Gasteiger partial charge in [-0.25, -0.2) is 4.98 Å². The van der Waals surface area contributed by atoms with Crippen LogP contribution in [-0.2, 0) is 0 Å². The van der Waals surface area contributed by atoms with Gasteiger partial charge in [0.2, 0.25) is 5.95 Å². The summed E-state index contributed by atoms with van der Waals surface area (Å²) in [6.45, 7) is 0. The van der Waals surface area contributed by atoms with Crippen molar-refractivity contribution in [2.45, 2.75) is 0 Å². The molecule has 96 valence electrons. The quantitative estimate of drug-likeness (QED) is 0.669. The Kier molecular flexibility index (Phi) is 3.42. The Bertz CT molecular complexity index is 713. The standard InChI is InChI=1S/C12H7Br2N3OS/c13-6-5-9(19-10(6)14)11(18)17-12-15-7-3-1-2-4-8(7)16-12/h1-5H,(H2,15,16,17,18). The summed E-state index contributed by atoms with van der Waals surface area (Å²) in [7, 11) is 0. The van der Waals surface area contributed by atoms with E-state index in [1.165, 1.54) is 11.3 Å². The van der Waals surface area contributed by atoms with E-state index < -0.39 is 0 Å². The number of aromatic nitrogens is 2. The van der Waals surface area contributed by atoms with Crippen molar-refractivity contribution >= 4 is 66.1 Å². The molecule has 0 aliphatic carbocycles. The van der Waals surface area contributed by atoms with Crippen molar-refractivity contribution in [3.8, 4) is 0 Å². The van der Waals surface area contributed by atoms with Gasteiger partial charge in [-0.3, -0.25) is 10.1 Å². The number of imidazole rings is 1. The number of amides is 1. The number of H-pyrrole nitrogens is 1. The first kappa shape index (κ1) is 12.8. The molecule has 3 rings (SSSR count). The van der Waals surface area contributed by atoms with Gasteiger partial charge in [0.05, 0.1) is 19.7 Å². The SMILES string of the molecule is O=C(Nc1nc2ccccc2[nH]1)c1cc(Br)c(Br)s1. The first-order chi connectivity index (χ1) is 9.13. The van der Waals surface area contributed by atoms with Gasteiger partial charge in [-0.2, -0.15) is 0 Å². The van der Waals surface area contributed by atoms with Crippen LogP contribution < -0.4 is 5.32 Å². The van der Waals surface area contributed by atoms with Crippen LogP contribution in [0.15, 0.2) is 38.6 Å². The molecule has 3 aromatic rings. The molecule has 0 bridgehead atoms. The molecule has 0 spiro atoms. The van der Waals surface area contributed by atoms with Crippen molar-refractivity contribution in [1.29, 1.82) is 0 Å². The van der Waals surface area contributed by atoms with Gasteiger partial charge in [-0.1, -0.05) is 12.1 Å². The van der Waals surface area contributed by atoms with Crippen molar-refractivity contribution in [3.05, 3.63) is 43.5 Å². The molecule has 0 radical (unpaired) electrons. The largest absolute Gasteiger partial charge is 0.324 e. The summed E-state index contributed by atoms with van der Waals surface area (Å²) in [5.74, 6) is 0.266. The maximum Gasteiger partial charge on any atom is 0.268 e. The molecule has 0 fully saturated rings. The van der Waals surface area contributed by atoms with Gasteiger partial charge in [-0.05, 0) is 50.1 Å². The van der Waals surface area contributed by atoms with Gasteiger partial charge >= 0.3 is 0 Å². The monoisotopic (exact) mass is 399 g/mol. The minimum Gasteiger partial charge on any atom is -0.324 e. The van der Waals surface area contributed by atoms with E-state index in [2.05, 4.69) is 47.1 Å². The first-order valence-corrected chi connectivity index (χ1v) is 7.74. The van der Waals surface area contributed by atoms with Crippen LogP contribution in [0.4, 0.5) is 5.95 Å². The second-order valence-electron chi connectivity index (χ2n) is 3.79. The van der Waals surface area contributed by atoms with Gasteiger partial charge in [0.1, 0.15) is 0 Å². The maximum atomic E-state index is 12.1. The summed E-state index contributed by atoms with van der Waals surface area (Å²) in [5.41, 5.74) is 1.72. The summed E-state index contributed by atoms with van der Waals surface area (Å²) in [4.78, 5) is 20.0. The van der Waals surface area contributed by atoms with Gasteiger partial charge in [0, 0.05) is 4.47 Å². The predicted molar refractivity (Wildman–Crippen MR) is 83.8 cm³/mol. The molecule has 0 aliphatic rings. The normalized spacial score (nSPS) is 10.8. The minimum atomic E-state index is -0.185. The van der Waals surface area contributed by atoms with Crippen LogP contribution in [0.1, 0.15) is 9.67 Å². The third-order valence-electron chi connectivity index (χ3n) is 2.49. The zero-order chi connectivity index (χ0) is 13.4. The van der Waals surface area contributed by atoms with Crippen molar-refractivity contribution in [3.63, 3.8) is 0 Å². The van der Waals surface area contributed by atoms with Crippen LogP contribution in [0.25, 0.3) is 11.0 Å². The molecular weight excluding hydrogens is 394 g/mol. The predicted octanol–water partition coefficient (Wildman–Crippen LogP) is 4.40. The number of carbonyl (C=O) groups is 1. The highest BCUT2D eigenvalue weighted by Gasteiger charge is 2.13. The Morgan fingerprint density at radius 3 is 2.79 bits per heavy atom. The lowest BCUT2D eigenvalue weighted by Gasteiger charge is -1.97. The first-order valence-electron chi connectivity index (χ1n) is 5.34. The number of rotatable bonds is 2. The third-order valence-corrected chi connectivity index (χ3v) is 5.75. The molecule has 0 aliphatic heterocycles. The van der Waals surface area contributed by atoms with Crippen LogP contribution in [0.2, 0.25) is 0 Å². The van der Waals surface area contributed by atoms with Crippen LogP contribution in [0.5, 0.6) is 0 Å². The van der Waals surface area contributed by atoms with E-state index in [-0.39, 0.29) is 5.91 Å². The average molecular weight is 401 g/mol. The van der Waals surface area contributed by atoms with Gasteiger partial charge in [0.15, 0.2) is 0 Å². The summed E-state index contributed by atoms with van der Waals surface area (Å²) in [5, 5.41) is 2.75. The van der Waals surface area contributed by atoms with Crippen LogP contribution >= 0.6 is 43.2 Å². The fourth-order valence-electron chi connectivity index (χ4n) is 1.64. The van der Waals surface area contributed by atoms with Crippen LogP contribution in [0, 0.1) is 0 Å². The Morgan fingerprint density at radius 2 is 2.11 bits per heavy atom. The zero-order valence-corrected chi connectivity index (χ0v) is 13.4. The van der Waals surface area contributed by atoms with E-state index in [0.717, 1.165) is 19.3 Å². The highest BCUT2D eigenvalue weighted by molar-refractivity contribution is 9.13. The number of aromatic amines is 1. The van der Waals surface area contributed by atoms with Crippen molar-refractivity contribution in [2.24, 2.45) is 0 Å². The molecule has 0 unspecified atom stereocenters. The molecule has 1 amide bonds. The summed E-state index contributed by atoms with van der Waals surface area (Å²) in [6, 6.07) is 9.39. The molecule has 2 heterocycles. The minimum absolute atomic E-state index is 0.185. The zero-order valence-electron chi connectivity index (χ0n) is 9.41. The molecule has 1 aromatic carbocycles. The molecule has 2 aromatic heterocycles. The fourth-order valence-corrected chi connectivity index (χ4v) is 3.57. The molecule has 0 saturated carbocycles. The number of halogens is 2. The Balaban J connectivity index is 1.86. The van der Waals surface area contributed by atoms with E-state index in [9.17, 15) is 4.79 Å². The van der Waals surface area contributed by atoms with Gasteiger partial charge < -0.3 is 4.98 Å². The van der Waals surface area contributed by atoms with Gasteiger partial charge in [0.25, 0.3) is 5.91 Å². The second kappa shape index (κ2) is 5.07. The highest BCUT2D eigenvalue weighted by Crippen LogP contribution is 2.32.